The highest BCUT2D eigenvalue weighted by Gasteiger charge is 2.30. The van der Waals surface area contributed by atoms with Crippen molar-refractivity contribution in [3.8, 4) is 11.5 Å². The zero-order chi connectivity index (χ0) is 23.4. The highest BCUT2D eigenvalue weighted by atomic mass is 16.5. The van der Waals surface area contributed by atoms with E-state index >= 15 is 0 Å². The van der Waals surface area contributed by atoms with Crippen LogP contribution in [0, 0.1) is 5.41 Å². The van der Waals surface area contributed by atoms with Crippen LogP contribution in [0.15, 0.2) is 78.9 Å². The molecule has 0 aromatic heterocycles. The van der Waals surface area contributed by atoms with Gasteiger partial charge in [-0.25, -0.2) is 9.59 Å². The van der Waals surface area contributed by atoms with Gasteiger partial charge < -0.3 is 9.47 Å². The fraction of sp³-hybridized carbons (Fsp3) is 0.286. The van der Waals surface area contributed by atoms with Gasteiger partial charge in [0.05, 0.1) is 5.56 Å². The molecule has 0 saturated heterocycles. The van der Waals surface area contributed by atoms with E-state index in [0.717, 1.165) is 12.0 Å². The Bertz CT molecular complexity index is 1090. The van der Waals surface area contributed by atoms with Gasteiger partial charge >= 0.3 is 11.9 Å². The van der Waals surface area contributed by atoms with Gasteiger partial charge in [0.2, 0.25) is 0 Å². The SMILES string of the molecule is CC(C)(C)CC(C)(C)c1ccccc1OC(=O)c1ccccc1OC(=O)c1ccccc1. The monoisotopic (exact) mass is 430 g/mol. The van der Waals surface area contributed by atoms with Gasteiger partial charge in [-0.1, -0.05) is 83.1 Å². The number of rotatable bonds is 6. The van der Waals surface area contributed by atoms with Crippen LogP contribution in [0.5, 0.6) is 11.5 Å². The summed E-state index contributed by atoms with van der Waals surface area (Å²) < 4.78 is 11.3. The molecule has 4 nitrogen and oxygen atoms in total. The zero-order valence-electron chi connectivity index (χ0n) is 19.3. The first-order valence-corrected chi connectivity index (χ1v) is 10.7. The molecule has 0 atom stereocenters. The van der Waals surface area contributed by atoms with Crippen molar-refractivity contribution < 1.29 is 19.1 Å². The van der Waals surface area contributed by atoms with Crippen LogP contribution >= 0.6 is 0 Å². The lowest BCUT2D eigenvalue weighted by molar-refractivity contribution is 0.0705. The standard InChI is InChI=1S/C28H30O4/c1-27(2,3)19-28(4,5)22-16-10-12-18-24(22)32-26(30)21-15-9-11-17-23(21)31-25(29)20-13-7-6-8-14-20/h6-18H,19H2,1-5H3. The molecule has 0 saturated carbocycles. The minimum Gasteiger partial charge on any atom is -0.423 e. The molecular weight excluding hydrogens is 400 g/mol. The second-order valence-electron chi connectivity index (χ2n) is 9.76. The molecule has 0 spiro atoms. The van der Waals surface area contributed by atoms with Gasteiger partial charge in [0.1, 0.15) is 17.1 Å². The largest absolute Gasteiger partial charge is 0.423 e. The van der Waals surface area contributed by atoms with E-state index in [1.807, 2.05) is 24.3 Å². The summed E-state index contributed by atoms with van der Waals surface area (Å²) in [6.45, 7) is 10.9. The first-order chi connectivity index (χ1) is 15.1. The predicted octanol–water partition coefficient (Wildman–Crippen LogP) is 6.84. The van der Waals surface area contributed by atoms with Crippen LogP contribution in [0.1, 0.15) is 67.3 Å². The summed E-state index contributed by atoms with van der Waals surface area (Å²) in [5.74, 6) is -0.424. The maximum Gasteiger partial charge on any atom is 0.347 e. The highest BCUT2D eigenvalue weighted by Crippen LogP contribution is 2.40. The molecule has 32 heavy (non-hydrogen) atoms. The Morgan fingerprint density at radius 2 is 1.19 bits per heavy atom. The van der Waals surface area contributed by atoms with Crippen molar-refractivity contribution in [2.24, 2.45) is 5.41 Å². The summed E-state index contributed by atoms with van der Waals surface area (Å²) in [5.41, 5.74) is 1.47. The fourth-order valence-electron chi connectivity index (χ4n) is 4.15. The van der Waals surface area contributed by atoms with E-state index in [-0.39, 0.29) is 22.1 Å². The number of esters is 2. The Hall–Kier alpha value is -3.40. The van der Waals surface area contributed by atoms with Gasteiger partial charge in [-0.3, -0.25) is 0 Å². The molecule has 0 heterocycles. The molecule has 0 aliphatic carbocycles. The summed E-state index contributed by atoms with van der Waals surface area (Å²) in [5, 5.41) is 0. The predicted molar refractivity (Wildman–Crippen MR) is 126 cm³/mol. The van der Waals surface area contributed by atoms with E-state index in [1.54, 1.807) is 54.6 Å². The minimum atomic E-state index is -0.569. The van der Waals surface area contributed by atoms with Gasteiger partial charge in [0.15, 0.2) is 0 Å². The number of carbonyl (C=O) groups is 2. The number of ether oxygens (including phenoxy) is 2. The van der Waals surface area contributed by atoms with Crippen molar-refractivity contribution in [3.63, 3.8) is 0 Å². The number of carbonyl (C=O) groups excluding carboxylic acids is 2. The molecule has 0 bridgehead atoms. The molecule has 0 aliphatic heterocycles. The average Bonchev–Trinajstić information content (AvgIpc) is 2.73. The number of benzene rings is 3. The van der Waals surface area contributed by atoms with Crippen molar-refractivity contribution in [1.82, 2.24) is 0 Å². The number of hydrogen-bond acceptors (Lipinski definition) is 4. The van der Waals surface area contributed by atoms with Gasteiger partial charge in [-0.15, -0.1) is 0 Å². The van der Waals surface area contributed by atoms with E-state index in [0.29, 0.717) is 11.3 Å². The molecule has 3 aromatic rings. The third kappa shape index (κ3) is 5.85. The Morgan fingerprint density at radius 1 is 0.656 bits per heavy atom. The lowest BCUT2D eigenvalue weighted by atomic mass is 9.72. The van der Waals surface area contributed by atoms with Crippen LogP contribution in [-0.4, -0.2) is 11.9 Å². The normalized spacial score (nSPS) is 11.7. The average molecular weight is 431 g/mol. The maximum atomic E-state index is 13.1. The summed E-state index contributed by atoms with van der Waals surface area (Å²) in [6.07, 6.45) is 0.917. The van der Waals surface area contributed by atoms with Crippen LogP contribution in [-0.2, 0) is 5.41 Å². The lowest BCUT2D eigenvalue weighted by Gasteiger charge is -2.33. The highest BCUT2D eigenvalue weighted by molar-refractivity contribution is 5.97. The topological polar surface area (TPSA) is 52.6 Å². The van der Waals surface area contributed by atoms with Gasteiger partial charge in [0.25, 0.3) is 0 Å². The Labute approximate surface area is 190 Å². The molecule has 4 heteroatoms. The molecule has 0 N–H and O–H groups in total. The summed E-state index contributed by atoms with van der Waals surface area (Å²) in [6, 6.07) is 22.9. The first-order valence-electron chi connectivity index (χ1n) is 10.7. The molecule has 3 aromatic carbocycles. The van der Waals surface area contributed by atoms with Crippen molar-refractivity contribution >= 4 is 11.9 Å². The molecule has 0 fully saturated rings. The minimum absolute atomic E-state index is 0.110. The van der Waals surface area contributed by atoms with Crippen LogP contribution in [0.25, 0.3) is 0 Å². The van der Waals surface area contributed by atoms with E-state index in [1.165, 1.54) is 0 Å². The van der Waals surface area contributed by atoms with Crippen LogP contribution in [0.3, 0.4) is 0 Å². The van der Waals surface area contributed by atoms with Crippen molar-refractivity contribution in [2.45, 2.75) is 46.5 Å². The molecular formula is C28H30O4. The molecule has 166 valence electrons. The Balaban J connectivity index is 1.86. The van der Waals surface area contributed by atoms with Gasteiger partial charge in [-0.2, -0.15) is 0 Å². The van der Waals surface area contributed by atoms with E-state index in [9.17, 15) is 9.59 Å². The van der Waals surface area contributed by atoms with Crippen LogP contribution < -0.4 is 9.47 Å². The van der Waals surface area contributed by atoms with Crippen molar-refractivity contribution in [1.29, 1.82) is 0 Å². The second kappa shape index (κ2) is 9.39. The van der Waals surface area contributed by atoms with E-state index in [2.05, 4.69) is 34.6 Å². The molecule has 0 aliphatic rings. The first kappa shape index (κ1) is 23.3. The number of para-hydroxylation sites is 2. The third-order valence-corrected chi connectivity index (χ3v) is 5.11. The lowest BCUT2D eigenvalue weighted by Crippen LogP contribution is -2.26. The van der Waals surface area contributed by atoms with E-state index in [4.69, 9.17) is 9.47 Å². The summed E-state index contributed by atoms with van der Waals surface area (Å²) in [7, 11) is 0. The van der Waals surface area contributed by atoms with Gasteiger partial charge in [-0.05, 0) is 47.6 Å². The molecule has 0 unspecified atom stereocenters. The van der Waals surface area contributed by atoms with Crippen molar-refractivity contribution in [2.75, 3.05) is 0 Å². The van der Waals surface area contributed by atoms with Crippen LogP contribution in [0.4, 0.5) is 0 Å². The molecule has 0 radical (unpaired) electrons. The quantitative estimate of drug-likeness (QED) is 0.317. The Morgan fingerprint density at radius 3 is 1.84 bits per heavy atom. The Kier molecular flexibility index (Phi) is 6.83. The third-order valence-electron chi connectivity index (χ3n) is 5.11. The maximum absolute atomic E-state index is 13.1. The number of hydrogen-bond donors (Lipinski definition) is 0. The van der Waals surface area contributed by atoms with Gasteiger partial charge in [0, 0.05) is 5.56 Å². The summed E-state index contributed by atoms with van der Waals surface area (Å²) in [4.78, 5) is 25.6. The molecule has 0 amide bonds. The van der Waals surface area contributed by atoms with Crippen molar-refractivity contribution in [3.05, 3.63) is 95.6 Å². The smallest absolute Gasteiger partial charge is 0.347 e. The fourth-order valence-corrected chi connectivity index (χ4v) is 4.15. The molecule has 3 rings (SSSR count). The zero-order valence-corrected chi connectivity index (χ0v) is 19.3. The second-order valence-corrected chi connectivity index (χ2v) is 9.76. The van der Waals surface area contributed by atoms with Crippen LogP contribution in [0.2, 0.25) is 0 Å². The van der Waals surface area contributed by atoms with E-state index < -0.39 is 11.9 Å². The summed E-state index contributed by atoms with van der Waals surface area (Å²) >= 11 is 0.